The molecule has 2 N–H and O–H groups in total. The fourth-order valence-corrected chi connectivity index (χ4v) is 4.11. The molecule has 1 amide bonds. The van der Waals surface area contributed by atoms with Crippen molar-refractivity contribution >= 4 is 41.0 Å². The maximum atomic E-state index is 12.4. The van der Waals surface area contributed by atoms with Gasteiger partial charge in [-0.25, -0.2) is 9.59 Å². The van der Waals surface area contributed by atoms with Gasteiger partial charge in [0.25, 0.3) is 0 Å². The van der Waals surface area contributed by atoms with Crippen LogP contribution in [0.2, 0.25) is 10.0 Å². The Hall–Kier alpha value is -3.02. The van der Waals surface area contributed by atoms with Gasteiger partial charge in [-0.1, -0.05) is 71.7 Å². The molecule has 0 aromatic heterocycles. The van der Waals surface area contributed by atoms with Crippen LogP contribution in [0.15, 0.2) is 60.7 Å². The van der Waals surface area contributed by atoms with E-state index < -0.39 is 12.1 Å². The topological polar surface area (TPSA) is 75.6 Å². The molecule has 0 radical (unpaired) electrons. The first-order chi connectivity index (χ1) is 14.0. The highest BCUT2D eigenvalue weighted by Gasteiger charge is 2.29. The minimum absolute atomic E-state index is 0.00505. The first-order valence-electron chi connectivity index (χ1n) is 8.80. The molecule has 0 atom stereocenters. The summed E-state index contributed by atoms with van der Waals surface area (Å²) in [6.07, 6.45) is -0.766. The predicted molar refractivity (Wildman–Crippen MR) is 112 cm³/mol. The summed E-state index contributed by atoms with van der Waals surface area (Å²) in [5.41, 5.74) is 4.26. The molecule has 0 unspecified atom stereocenters. The van der Waals surface area contributed by atoms with Crippen molar-refractivity contribution in [3.63, 3.8) is 0 Å². The van der Waals surface area contributed by atoms with E-state index in [2.05, 4.69) is 5.32 Å². The number of nitrogens with one attached hydrogen (secondary N) is 1. The number of halogens is 2. The van der Waals surface area contributed by atoms with Gasteiger partial charge in [-0.2, -0.15) is 0 Å². The van der Waals surface area contributed by atoms with E-state index in [0.29, 0.717) is 0 Å². The van der Waals surface area contributed by atoms with Crippen molar-refractivity contribution in [1.82, 2.24) is 0 Å². The Labute approximate surface area is 176 Å². The quantitative estimate of drug-likeness (QED) is 0.530. The SMILES string of the molecule is O=C(Nc1c(Cl)ccc(C(=O)O)c1Cl)OCC1c2ccccc2-c2ccccc21. The average molecular weight is 428 g/mol. The predicted octanol–water partition coefficient (Wildman–Crippen LogP) is 6.05. The summed E-state index contributed by atoms with van der Waals surface area (Å²) >= 11 is 12.1. The van der Waals surface area contributed by atoms with Crippen molar-refractivity contribution in [2.45, 2.75) is 5.92 Å². The average Bonchev–Trinajstić information content (AvgIpc) is 3.03. The molecule has 5 nitrogen and oxygen atoms in total. The number of carbonyl (C=O) groups excluding carboxylic acids is 1. The summed E-state index contributed by atoms with van der Waals surface area (Å²) in [7, 11) is 0. The number of carboxylic acids is 1. The lowest BCUT2D eigenvalue weighted by Gasteiger charge is -2.15. The molecule has 3 aromatic carbocycles. The van der Waals surface area contributed by atoms with Crippen molar-refractivity contribution < 1.29 is 19.4 Å². The van der Waals surface area contributed by atoms with Crippen LogP contribution < -0.4 is 5.32 Å². The summed E-state index contributed by atoms with van der Waals surface area (Å²) in [5.74, 6) is -1.31. The van der Waals surface area contributed by atoms with E-state index in [1.165, 1.54) is 12.1 Å². The first-order valence-corrected chi connectivity index (χ1v) is 9.56. The Balaban J connectivity index is 1.53. The summed E-state index contributed by atoms with van der Waals surface area (Å²) in [5, 5.41) is 11.6. The summed E-state index contributed by atoms with van der Waals surface area (Å²) in [6.45, 7) is 0.119. The number of carbonyl (C=O) groups is 2. The van der Waals surface area contributed by atoms with Gasteiger partial charge in [0, 0.05) is 5.92 Å². The van der Waals surface area contributed by atoms with Gasteiger partial charge in [-0.15, -0.1) is 0 Å². The maximum absolute atomic E-state index is 12.4. The Morgan fingerprint density at radius 1 is 0.931 bits per heavy atom. The molecule has 0 saturated carbocycles. The zero-order valence-corrected chi connectivity index (χ0v) is 16.5. The number of anilines is 1. The van der Waals surface area contributed by atoms with E-state index >= 15 is 0 Å². The molecule has 29 heavy (non-hydrogen) atoms. The van der Waals surface area contributed by atoms with Crippen molar-refractivity contribution in [3.05, 3.63) is 87.4 Å². The van der Waals surface area contributed by atoms with Crippen LogP contribution >= 0.6 is 23.2 Å². The molecule has 0 bridgehead atoms. The van der Waals surface area contributed by atoms with E-state index in [-0.39, 0.29) is 33.8 Å². The van der Waals surface area contributed by atoms with Crippen LogP contribution in [0.25, 0.3) is 11.1 Å². The summed E-state index contributed by atoms with van der Waals surface area (Å²) < 4.78 is 5.44. The van der Waals surface area contributed by atoms with E-state index in [1.807, 2.05) is 48.5 Å². The Kier molecular flexibility index (Phi) is 5.18. The number of ether oxygens (including phenoxy) is 1. The van der Waals surface area contributed by atoms with Crippen LogP contribution in [-0.2, 0) is 4.74 Å². The van der Waals surface area contributed by atoms with Gasteiger partial charge in [-0.3, -0.25) is 5.32 Å². The van der Waals surface area contributed by atoms with E-state index in [1.54, 1.807) is 0 Å². The van der Waals surface area contributed by atoms with Crippen molar-refractivity contribution in [2.75, 3.05) is 11.9 Å². The number of hydrogen-bond acceptors (Lipinski definition) is 3. The second kappa shape index (κ2) is 7.78. The molecular weight excluding hydrogens is 413 g/mol. The van der Waals surface area contributed by atoms with Gasteiger partial charge in [0.15, 0.2) is 0 Å². The molecule has 1 aliphatic rings. The minimum Gasteiger partial charge on any atom is -0.478 e. The van der Waals surface area contributed by atoms with E-state index in [4.69, 9.17) is 27.9 Å². The van der Waals surface area contributed by atoms with Crippen molar-refractivity contribution in [1.29, 1.82) is 0 Å². The molecule has 146 valence electrons. The number of aromatic carboxylic acids is 1. The monoisotopic (exact) mass is 427 g/mol. The molecule has 0 spiro atoms. The molecule has 0 heterocycles. The van der Waals surface area contributed by atoms with Gasteiger partial charge in [-0.05, 0) is 34.4 Å². The number of rotatable bonds is 4. The van der Waals surface area contributed by atoms with Crippen LogP contribution in [0.1, 0.15) is 27.4 Å². The standard InChI is InChI=1S/C22H15Cl2NO4/c23-18-10-9-16(21(26)27)19(24)20(18)25-22(28)29-11-17-14-7-3-1-5-12(14)13-6-2-4-8-15(13)17/h1-10,17H,11H2,(H,25,28)(H,26,27). The normalized spacial score (nSPS) is 12.2. The van der Waals surface area contributed by atoms with Crippen LogP contribution in [-0.4, -0.2) is 23.8 Å². The highest BCUT2D eigenvalue weighted by atomic mass is 35.5. The van der Waals surface area contributed by atoms with E-state index in [9.17, 15) is 14.7 Å². The van der Waals surface area contributed by atoms with E-state index in [0.717, 1.165) is 22.3 Å². The van der Waals surface area contributed by atoms with Gasteiger partial charge < -0.3 is 9.84 Å². The Morgan fingerprint density at radius 2 is 1.52 bits per heavy atom. The lowest BCUT2D eigenvalue weighted by atomic mass is 9.98. The third kappa shape index (κ3) is 3.55. The molecule has 0 saturated heterocycles. The van der Waals surface area contributed by atoms with Gasteiger partial charge in [0.2, 0.25) is 0 Å². The molecule has 3 aromatic rings. The maximum Gasteiger partial charge on any atom is 0.411 e. The van der Waals surface area contributed by atoms with Crippen molar-refractivity contribution in [2.24, 2.45) is 0 Å². The fourth-order valence-electron chi connectivity index (χ4n) is 3.57. The number of benzene rings is 3. The Bertz CT molecular complexity index is 1080. The highest BCUT2D eigenvalue weighted by molar-refractivity contribution is 6.41. The lowest BCUT2D eigenvalue weighted by molar-refractivity contribution is 0.0697. The molecule has 0 fully saturated rings. The fraction of sp³-hybridized carbons (Fsp3) is 0.0909. The highest BCUT2D eigenvalue weighted by Crippen LogP contribution is 2.44. The number of hydrogen-bond donors (Lipinski definition) is 2. The zero-order valence-electron chi connectivity index (χ0n) is 15.0. The summed E-state index contributed by atoms with van der Waals surface area (Å²) in [4.78, 5) is 23.6. The minimum atomic E-state index is -1.22. The second-order valence-electron chi connectivity index (χ2n) is 6.54. The van der Waals surface area contributed by atoms with Crippen LogP contribution in [0.5, 0.6) is 0 Å². The number of fused-ring (bicyclic) bond motifs is 3. The Morgan fingerprint density at radius 3 is 2.10 bits per heavy atom. The molecular formula is C22H15Cl2NO4. The molecule has 0 aliphatic heterocycles. The molecule has 4 rings (SSSR count). The third-order valence-corrected chi connectivity index (χ3v) is 5.60. The van der Waals surface area contributed by atoms with Crippen molar-refractivity contribution in [3.8, 4) is 11.1 Å². The van der Waals surface area contributed by atoms with Crippen LogP contribution in [0, 0.1) is 0 Å². The third-order valence-electron chi connectivity index (χ3n) is 4.89. The number of carboxylic acid groups (broad SMARTS) is 1. The first kappa shape index (κ1) is 19.3. The van der Waals surface area contributed by atoms with Gasteiger partial charge in [0.1, 0.15) is 6.61 Å². The summed E-state index contributed by atoms with van der Waals surface area (Å²) in [6, 6.07) is 18.6. The second-order valence-corrected chi connectivity index (χ2v) is 7.32. The van der Waals surface area contributed by atoms with Crippen LogP contribution in [0.4, 0.5) is 10.5 Å². The number of amides is 1. The van der Waals surface area contributed by atoms with Crippen LogP contribution in [0.3, 0.4) is 0 Å². The zero-order chi connectivity index (χ0) is 20.5. The lowest BCUT2D eigenvalue weighted by Crippen LogP contribution is -2.18. The molecule has 7 heteroatoms. The smallest absolute Gasteiger partial charge is 0.411 e. The largest absolute Gasteiger partial charge is 0.478 e. The van der Waals surface area contributed by atoms with Gasteiger partial charge >= 0.3 is 12.1 Å². The molecule has 1 aliphatic carbocycles. The van der Waals surface area contributed by atoms with Gasteiger partial charge in [0.05, 0.1) is 21.3 Å².